The molecule has 1 rings (SSSR count). The van der Waals surface area contributed by atoms with Crippen LogP contribution in [0.1, 0.15) is 19.4 Å². The van der Waals surface area contributed by atoms with Crippen LogP contribution in [0.3, 0.4) is 0 Å². The molecule has 1 atom stereocenters. The van der Waals surface area contributed by atoms with Crippen molar-refractivity contribution in [2.24, 2.45) is 5.73 Å². The molecule has 0 amide bonds. The van der Waals surface area contributed by atoms with Crippen LogP contribution in [0.4, 0.5) is 4.39 Å². The molecule has 0 aliphatic carbocycles. The highest BCUT2D eigenvalue weighted by atomic mass is 19.1. The van der Waals surface area contributed by atoms with Crippen molar-refractivity contribution in [1.82, 2.24) is 0 Å². The van der Waals surface area contributed by atoms with Gasteiger partial charge >= 0.3 is 0 Å². The molecule has 0 heterocycles. The highest BCUT2D eigenvalue weighted by Gasteiger charge is 2.01. The highest BCUT2D eigenvalue weighted by Crippen LogP contribution is 2.18. The molecule has 0 aromatic heterocycles. The molecule has 14 heavy (non-hydrogen) atoms. The average molecular weight is 195 g/mol. The third kappa shape index (κ3) is 2.57. The van der Waals surface area contributed by atoms with Crippen LogP contribution in [0.2, 0.25) is 0 Å². The van der Waals surface area contributed by atoms with E-state index in [1.54, 1.807) is 12.1 Å². The number of halogens is 1. The van der Waals surface area contributed by atoms with Crippen LogP contribution >= 0.6 is 0 Å². The van der Waals surface area contributed by atoms with Gasteiger partial charge in [-0.1, -0.05) is 17.7 Å². The van der Waals surface area contributed by atoms with Crippen LogP contribution in [0, 0.1) is 5.82 Å². The molecular formula is C11H14FNO. The van der Waals surface area contributed by atoms with Crippen LogP contribution in [-0.2, 0) is 0 Å². The first kappa shape index (κ1) is 10.7. The zero-order valence-corrected chi connectivity index (χ0v) is 8.29. The summed E-state index contributed by atoms with van der Waals surface area (Å²) in [6, 6.07) is 4.20. The van der Waals surface area contributed by atoms with Gasteiger partial charge in [-0.25, -0.2) is 4.39 Å². The van der Waals surface area contributed by atoms with Crippen molar-refractivity contribution >= 4 is 6.08 Å². The van der Waals surface area contributed by atoms with E-state index in [2.05, 4.69) is 0 Å². The topological polar surface area (TPSA) is 46.2 Å². The fraction of sp³-hybridized carbons (Fsp3) is 0.273. The normalized spacial score (nSPS) is 14.1. The van der Waals surface area contributed by atoms with Crippen LogP contribution in [-0.4, -0.2) is 11.1 Å². The molecule has 0 fully saturated rings. The molecule has 1 aromatic rings. The molecule has 1 aromatic carbocycles. The van der Waals surface area contributed by atoms with Crippen LogP contribution in [0.25, 0.3) is 6.08 Å². The van der Waals surface area contributed by atoms with Gasteiger partial charge in [-0.05, 0) is 31.5 Å². The summed E-state index contributed by atoms with van der Waals surface area (Å²) in [6.07, 6.45) is 1.80. The van der Waals surface area contributed by atoms with Gasteiger partial charge < -0.3 is 10.8 Å². The molecule has 2 nitrogen and oxygen atoms in total. The van der Waals surface area contributed by atoms with E-state index in [9.17, 15) is 4.39 Å². The Hall–Kier alpha value is -1.35. The number of aromatic hydroxyl groups is 1. The molecule has 0 saturated heterocycles. The Morgan fingerprint density at radius 1 is 1.57 bits per heavy atom. The van der Waals surface area contributed by atoms with Crippen molar-refractivity contribution in [3.05, 3.63) is 35.2 Å². The molecular weight excluding hydrogens is 181 g/mol. The van der Waals surface area contributed by atoms with Gasteiger partial charge in [-0.15, -0.1) is 0 Å². The monoisotopic (exact) mass is 195 g/mol. The van der Waals surface area contributed by atoms with E-state index in [0.29, 0.717) is 5.56 Å². The molecule has 0 spiro atoms. The van der Waals surface area contributed by atoms with Gasteiger partial charge in [-0.2, -0.15) is 0 Å². The number of nitrogens with two attached hydrogens (primary N) is 1. The summed E-state index contributed by atoms with van der Waals surface area (Å²) in [5, 5.41) is 8.97. The van der Waals surface area contributed by atoms with Crippen LogP contribution in [0.5, 0.6) is 5.75 Å². The Morgan fingerprint density at radius 3 is 2.71 bits per heavy atom. The maximum absolute atomic E-state index is 12.9. The van der Waals surface area contributed by atoms with Gasteiger partial charge in [0.2, 0.25) is 0 Å². The summed E-state index contributed by atoms with van der Waals surface area (Å²) >= 11 is 0. The Kier molecular flexibility index (Phi) is 3.25. The standard InChI is InChI=1S/C11H14FNO/c1-7(8(2)13)5-9-3-4-11(14)10(12)6-9/h3-6,8,14H,13H2,1-2H3/b7-5+. The third-order valence-electron chi connectivity index (χ3n) is 2.08. The molecule has 0 saturated carbocycles. The fourth-order valence-corrected chi connectivity index (χ4v) is 1.01. The van der Waals surface area contributed by atoms with Gasteiger partial charge in [0.25, 0.3) is 0 Å². The van der Waals surface area contributed by atoms with E-state index in [0.717, 1.165) is 5.57 Å². The summed E-state index contributed by atoms with van der Waals surface area (Å²) < 4.78 is 12.9. The maximum Gasteiger partial charge on any atom is 0.165 e. The number of hydrogen-bond donors (Lipinski definition) is 2. The number of hydrogen-bond acceptors (Lipinski definition) is 2. The largest absolute Gasteiger partial charge is 0.505 e. The van der Waals surface area contributed by atoms with Gasteiger partial charge in [0.15, 0.2) is 11.6 Å². The number of benzene rings is 1. The van der Waals surface area contributed by atoms with Crippen molar-refractivity contribution < 1.29 is 9.50 Å². The second-order valence-corrected chi connectivity index (χ2v) is 3.39. The molecule has 0 radical (unpaired) electrons. The van der Waals surface area contributed by atoms with Crippen molar-refractivity contribution in [2.75, 3.05) is 0 Å². The zero-order valence-electron chi connectivity index (χ0n) is 8.29. The fourth-order valence-electron chi connectivity index (χ4n) is 1.01. The van der Waals surface area contributed by atoms with Gasteiger partial charge in [0.05, 0.1) is 0 Å². The molecule has 1 unspecified atom stereocenters. The van der Waals surface area contributed by atoms with Crippen molar-refractivity contribution in [3.8, 4) is 5.75 Å². The van der Waals surface area contributed by atoms with Crippen molar-refractivity contribution in [3.63, 3.8) is 0 Å². The minimum atomic E-state index is -0.615. The molecule has 3 heteroatoms. The van der Waals surface area contributed by atoms with E-state index in [4.69, 9.17) is 10.8 Å². The Labute approximate surface area is 82.9 Å². The predicted octanol–water partition coefficient (Wildman–Crippen LogP) is 2.28. The molecule has 0 aliphatic rings. The SMILES string of the molecule is C/C(=C\c1ccc(O)c(F)c1)C(C)N. The molecule has 0 bridgehead atoms. The lowest BCUT2D eigenvalue weighted by atomic mass is 10.1. The number of rotatable bonds is 2. The van der Waals surface area contributed by atoms with Gasteiger partial charge in [0, 0.05) is 6.04 Å². The van der Waals surface area contributed by atoms with E-state index in [1.165, 1.54) is 12.1 Å². The number of phenolic OH excluding ortho intramolecular Hbond substituents is 1. The van der Waals surface area contributed by atoms with Gasteiger partial charge in [-0.3, -0.25) is 0 Å². The quantitative estimate of drug-likeness (QED) is 0.760. The molecule has 76 valence electrons. The minimum absolute atomic E-state index is 0.0492. The van der Waals surface area contributed by atoms with Crippen LogP contribution < -0.4 is 5.73 Å². The maximum atomic E-state index is 12.9. The molecule has 0 aliphatic heterocycles. The Balaban J connectivity index is 2.98. The predicted molar refractivity (Wildman–Crippen MR) is 55.4 cm³/mol. The van der Waals surface area contributed by atoms with E-state index in [-0.39, 0.29) is 11.8 Å². The van der Waals surface area contributed by atoms with E-state index >= 15 is 0 Å². The Bertz CT molecular complexity index is 358. The summed E-state index contributed by atoms with van der Waals surface area (Å²) in [6.45, 7) is 3.75. The van der Waals surface area contributed by atoms with Crippen molar-refractivity contribution in [1.29, 1.82) is 0 Å². The summed E-state index contributed by atoms with van der Waals surface area (Å²) in [5.41, 5.74) is 7.31. The van der Waals surface area contributed by atoms with Crippen LogP contribution in [0.15, 0.2) is 23.8 Å². The van der Waals surface area contributed by atoms with E-state index in [1.807, 2.05) is 13.8 Å². The summed E-state index contributed by atoms with van der Waals surface area (Å²) in [5.74, 6) is -0.947. The summed E-state index contributed by atoms with van der Waals surface area (Å²) in [7, 11) is 0. The smallest absolute Gasteiger partial charge is 0.165 e. The third-order valence-corrected chi connectivity index (χ3v) is 2.08. The second kappa shape index (κ2) is 4.24. The first-order valence-corrected chi connectivity index (χ1v) is 4.43. The van der Waals surface area contributed by atoms with Gasteiger partial charge in [0.1, 0.15) is 0 Å². The first-order valence-electron chi connectivity index (χ1n) is 4.43. The number of phenols is 1. The van der Waals surface area contributed by atoms with Crippen molar-refractivity contribution in [2.45, 2.75) is 19.9 Å². The first-order chi connectivity index (χ1) is 6.50. The van der Waals surface area contributed by atoms with E-state index < -0.39 is 5.82 Å². The Morgan fingerprint density at radius 2 is 2.21 bits per heavy atom. The minimum Gasteiger partial charge on any atom is -0.505 e. The summed E-state index contributed by atoms with van der Waals surface area (Å²) in [4.78, 5) is 0. The lowest BCUT2D eigenvalue weighted by molar-refractivity contribution is 0.432. The zero-order chi connectivity index (χ0) is 10.7. The highest BCUT2D eigenvalue weighted by molar-refractivity contribution is 5.54. The lowest BCUT2D eigenvalue weighted by Gasteiger charge is -2.05. The molecule has 3 N–H and O–H groups in total. The lowest BCUT2D eigenvalue weighted by Crippen LogP contribution is -2.15. The average Bonchev–Trinajstić information content (AvgIpc) is 2.11. The second-order valence-electron chi connectivity index (χ2n) is 3.39.